The Hall–Kier alpha value is -2.76. The highest BCUT2D eigenvalue weighted by molar-refractivity contribution is 5.80. The van der Waals surface area contributed by atoms with Crippen LogP contribution in [0.4, 0.5) is 5.69 Å². The molecule has 0 radical (unpaired) electrons. The van der Waals surface area contributed by atoms with Gasteiger partial charge < -0.3 is 5.32 Å². The van der Waals surface area contributed by atoms with Crippen molar-refractivity contribution in [2.24, 2.45) is 0 Å². The zero-order chi connectivity index (χ0) is 15.2. The number of benzene rings is 1. The minimum Gasteiger partial charge on any atom is -0.349 e. The van der Waals surface area contributed by atoms with Gasteiger partial charge in [-0.3, -0.25) is 19.9 Å². The number of amides is 1. The summed E-state index contributed by atoms with van der Waals surface area (Å²) < 4.78 is 0. The van der Waals surface area contributed by atoms with Crippen molar-refractivity contribution in [3.63, 3.8) is 0 Å². The normalized spacial score (nSPS) is 11.7. The van der Waals surface area contributed by atoms with Crippen molar-refractivity contribution in [3.05, 3.63) is 70.0 Å². The van der Waals surface area contributed by atoms with Crippen LogP contribution in [-0.2, 0) is 11.2 Å². The molecule has 0 saturated heterocycles. The Balaban J connectivity index is 2.04. The van der Waals surface area contributed by atoms with Gasteiger partial charge in [-0.15, -0.1) is 0 Å². The first kappa shape index (κ1) is 14.6. The molecule has 1 heterocycles. The van der Waals surface area contributed by atoms with Crippen molar-refractivity contribution in [3.8, 4) is 0 Å². The van der Waals surface area contributed by atoms with Crippen molar-refractivity contribution >= 4 is 11.6 Å². The van der Waals surface area contributed by atoms with Gasteiger partial charge in [-0.25, -0.2) is 0 Å². The number of nitrogens with one attached hydrogen (secondary N) is 1. The van der Waals surface area contributed by atoms with Crippen molar-refractivity contribution in [2.75, 3.05) is 0 Å². The number of hydrogen-bond donors (Lipinski definition) is 1. The minimum absolute atomic E-state index is 0.0260. The van der Waals surface area contributed by atoms with Gasteiger partial charge in [-0.1, -0.05) is 24.3 Å². The van der Waals surface area contributed by atoms with Gasteiger partial charge in [-0.2, -0.15) is 0 Å². The van der Waals surface area contributed by atoms with E-state index in [1.54, 1.807) is 36.7 Å². The van der Waals surface area contributed by atoms with Crippen LogP contribution in [0.15, 0.2) is 48.8 Å². The van der Waals surface area contributed by atoms with E-state index in [2.05, 4.69) is 10.3 Å². The van der Waals surface area contributed by atoms with Crippen LogP contribution in [0, 0.1) is 10.1 Å². The molecule has 1 amide bonds. The van der Waals surface area contributed by atoms with Gasteiger partial charge in [0.1, 0.15) is 0 Å². The third-order valence-corrected chi connectivity index (χ3v) is 3.10. The molecule has 0 aliphatic carbocycles. The zero-order valence-electron chi connectivity index (χ0n) is 11.5. The predicted octanol–water partition coefficient (Wildman–Crippen LogP) is 2.41. The molecule has 0 aliphatic heterocycles. The maximum Gasteiger partial charge on any atom is 0.273 e. The number of para-hydroxylation sites is 1. The summed E-state index contributed by atoms with van der Waals surface area (Å²) in [5.41, 5.74) is 1.24. The third kappa shape index (κ3) is 3.85. The quantitative estimate of drug-likeness (QED) is 0.675. The van der Waals surface area contributed by atoms with E-state index in [1.165, 1.54) is 6.07 Å². The van der Waals surface area contributed by atoms with Crippen LogP contribution in [0.1, 0.15) is 24.1 Å². The molecule has 1 N–H and O–H groups in total. The SMILES string of the molecule is CC(NC(=O)Cc1ccccc1[N+](=O)[O-])c1cccnc1. The lowest BCUT2D eigenvalue weighted by molar-refractivity contribution is -0.385. The molecule has 0 bridgehead atoms. The van der Waals surface area contributed by atoms with Gasteiger partial charge in [0.05, 0.1) is 17.4 Å². The van der Waals surface area contributed by atoms with E-state index in [0.29, 0.717) is 5.56 Å². The minimum atomic E-state index is -0.479. The van der Waals surface area contributed by atoms with E-state index in [9.17, 15) is 14.9 Å². The smallest absolute Gasteiger partial charge is 0.273 e. The Kier molecular flexibility index (Phi) is 4.61. The standard InChI is InChI=1S/C15H15N3O3/c1-11(13-6-4-8-16-10-13)17-15(19)9-12-5-2-3-7-14(12)18(20)21/h2-8,10-11H,9H2,1H3,(H,17,19). The van der Waals surface area contributed by atoms with E-state index in [1.807, 2.05) is 13.0 Å². The molecule has 0 fully saturated rings. The first-order valence-electron chi connectivity index (χ1n) is 6.49. The van der Waals surface area contributed by atoms with Gasteiger partial charge >= 0.3 is 0 Å². The summed E-state index contributed by atoms with van der Waals surface area (Å²) in [4.78, 5) is 26.4. The van der Waals surface area contributed by atoms with E-state index >= 15 is 0 Å². The van der Waals surface area contributed by atoms with Gasteiger partial charge in [0.15, 0.2) is 0 Å². The number of pyridine rings is 1. The van der Waals surface area contributed by atoms with Crippen molar-refractivity contribution in [1.29, 1.82) is 0 Å². The highest BCUT2D eigenvalue weighted by atomic mass is 16.6. The molecule has 6 nitrogen and oxygen atoms in total. The highest BCUT2D eigenvalue weighted by Gasteiger charge is 2.17. The van der Waals surface area contributed by atoms with Gasteiger partial charge in [0.25, 0.3) is 5.69 Å². The number of rotatable bonds is 5. The van der Waals surface area contributed by atoms with Crippen molar-refractivity contribution in [2.45, 2.75) is 19.4 Å². The fourth-order valence-corrected chi connectivity index (χ4v) is 2.02. The summed E-state index contributed by atoms with van der Waals surface area (Å²) in [6, 6.07) is 9.70. The molecule has 21 heavy (non-hydrogen) atoms. The Morgan fingerprint density at radius 2 is 2.10 bits per heavy atom. The van der Waals surface area contributed by atoms with E-state index in [4.69, 9.17) is 0 Å². The lowest BCUT2D eigenvalue weighted by atomic mass is 10.1. The van der Waals surface area contributed by atoms with Gasteiger partial charge in [-0.05, 0) is 18.6 Å². The van der Waals surface area contributed by atoms with Crippen molar-refractivity contribution in [1.82, 2.24) is 10.3 Å². The molecule has 0 aliphatic rings. The molecule has 108 valence electrons. The zero-order valence-corrected chi connectivity index (χ0v) is 11.5. The molecule has 2 aromatic rings. The molecule has 1 atom stereocenters. The molecular formula is C15H15N3O3. The fraction of sp³-hybridized carbons (Fsp3) is 0.200. The first-order valence-corrected chi connectivity index (χ1v) is 6.49. The lowest BCUT2D eigenvalue weighted by Crippen LogP contribution is -2.28. The third-order valence-electron chi connectivity index (χ3n) is 3.10. The second-order valence-electron chi connectivity index (χ2n) is 4.64. The van der Waals surface area contributed by atoms with Gasteiger partial charge in [0.2, 0.25) is 5.91 Å². The number of carbonyl (C=O) groups excluding carboxylic acids is 1. The largest absolute Gasteiger partial charge is 0.349 e. The fourth-order valence-electron chi connectivity index (χ4n) is 2.02. The van der Waals surface area contributed by atoms with Gasteiger partial charge in [0, 0.05) is 24.0 Å². The average Bonchev–Trinajstić information content (AvgIpc) is 2.48. The summed E-state index contributed by atoms with van der Waals surface area (Å²) in [6.45, 7) is 1.84. The predicted molar refractivity (Wildman–Crippen MR) is 77.6 cm³/mol. The molecule has 2 rings (SSSR count). The summed E-state index contributed by atoms with van der Waals surface area (Å²) in [7, 11) is 0. The van der Waals surface area contributed by atoms with Crippen LogP contribution in [-0.4, -0.2) is 15.8 Å². The topological polar surface area (TPSA) is 85.1 Å². The lowest BCUT2D eigenvalue weighted by Gasteiger charge is -2.13. The number of carbonyl (C=O) groups is 1. The Bertz CT molecular complexity index is 644. The van der Waals surface area contributed by atoms with Crippen LogP contribution in [0.3, 0.4) is 0 Å². The summed E-state index contributed by atoms with van der Waals surface area (Å²) in [6.07, 6.45) is 3.31. The number of nitro groups is 1. The maximum atomic E-state index is 12.0. The van der Waals surface area contributed by atoms with E-state index < -0.39 is 4.92 Å². The summed E-state index contributed by atoms with van der Waals surface area (Å²) in [5.74, 6) is -0.263. The summed E-state index contributed by atoms with van der Waals surface area (Å²) in [5, 5.41) is 13.7. The number of hydrogen-bond acceptors (Lipinski definition) is 4. The van der Waals surface area contributed by atoms with E-state index in [-0.39, 0.29) is 24.1 Å². The van der Waals surface area contributed by atoms with Crippen LogP contribution in [0.2, 0.25) is 0 Å². The molecule has 0 saturated carbocycles. The Labute approximate surface area is 122 Å². The maximum absolute atomic E-state index is 12.0. The number of nitrogens with zero attached hydrogens (tertiary/aromatic N) is 2. The second-order valence-corrected chi connectivity index (χ2v) is 4.64. The monoisotopic (exact) mass is 285 g/mol. The number of nitro benzene ring substituents is 1. The highest BCUT2D eigenvalue weighted by Crippen LogP contribution is 2.18. The Morgan fingerprint density at radius 3 is 2.76 bits per heavy atom. The summed E-state index contributed by atoms with van der Waals surface area (Å²) >= 11 is 0. The number of aromatic nitrogens is 1. The van der Waals surface area contributed by atoms with Crippen LogP contribution < -0.4 is 5.32 Å². The molecule has 1 aromatic carbocycles. The molecular weight excluding hydrogens is 270 g/mol. The van der Waals surface area contributed by atoms with Crippen LogP contribution in [0.5, 0.6) is 0 Å². The van der Waals surface area contributed by atoms with Crippen molar-refractivity contribution < 1.29 is 9.72 Å². The van der Waals surface area contributed by atoms with Crippen LogP contribution >= 0.6 is 0 Å². The van der Waals surface area contributed by atoms with E-state index in [0.717, 1.165) is 5.56 Å². The first-order chi connectivity index (χ1) is 10.1. The average molecular weight is 285 g/mol. The Morgan fingerprint density at radius 1 is 1.33 bits per heavy atom. The van der Waals surface area contributed by atoms with Crippen LogP contribution in [0.25, 0.3) is 0 Å². The second kappa shape index (κ2) is 6.60. The molecule has 0 spiro atoms. The molecule has 1 unspecified atom stereocenters. The molecule has 1 aromatic heterocycles. The molecule has 6 heteroatoms.